The van der Waals surface area contributed by atoms with E-state index in [1.54, 1.807) is 0 Å². The van der Waals surface area contributed by atoms with Crippen molar-refractivity contribution in [1.29, 1.82) is 0 Å². The van der Waals surface area contributed by atoms with Crippen LogP contribution in [-0.2, 0) is 12.4 Å². The summed E-state index contributed by atoms with van der Waals surface area (Å²) in [5, 5.41) is 13.4. The van der Waals surface area contributed by atoms with Crippen LogP contribution in [0.15, 0.2) is 91.0 Å². The first-order valence-electron chi connectivity index (χ1n) is 12.6. The molecule has 0 amide bonds. The van der Waals surface area contributed by atoms with Gasteiger partial charge in [-0.05, 0) is 77.9 Å². The summed E-state index contributed by atoms with van der Waals surface area (Å²) in [4.78, 5) is 0. The third-order valence-electron chi connectivity index (χ3n) is 6.26. The number of hydrogen-bond acceptors (Lipinski definition) is 4. The largest absolute Gasteiger partial charge is 0.573 e. The Morgan fingerprint density at radius 1 is 0.636 bits per heavy atom. The second kappa shape index (κ2) is 12.7. The van der Waals surface area contributed by atoms with Gasteiger partial charge in [0.1, 0.15) is 23.1 Å². The number of aliphatic hydroxyl groups excluding tert-OH is 1. The van der Waals surface area contributed by atoms with Crippen LogP contribution < -0.4 is 14.8 Å². The summed E-state index contributed by atoms with van der Waals surface area (Å²) in [6.07, 6.45) is -15.8. The monoisotopic (exact) mass is 633 g/mol. The van der Waals surface area contributed by atoms with Gasteiger partial charge in [0, 0.05) is 12.1 Å². The van der Waals surface area contributed by atoms with E-state index in [9.17, 15) is 44.6 Å². The molecule has 0 saturated heterocycles. The van der Waals surface area contributed by atoms with Gasteiger partial charge >= 0.3 is 18.7 Å². The number of hydrogen-bond donors (Lipinski definition) is 2. The highest BCUT2D eigenvalue weighted by Crippen LogP contribution is 2.36. The summed E-state index contributed by atoms with van der Waals surface area (Å²) in [5.41, 5.74) is -2.34. The van der Waals surface area contributed by atoms with Crippen molar-refractivity contribution >= 4 is 0 Å². The van der Waals surface area contributed by atoms with Gasteiger partial charge < -0.3 is 19.9 Å². The van der Waals surface area contributed by atoms with Gasteiger partial charge in [-0.2, -0.15) is 26.3 Å². The highest BCUT2D eigenvalue weighted by Gasteiger charge is 2.33. The van der Waals surface area contributed by atoms with E-state index in [4.69, 9.17) is 4.74 Å². The minimum Gasteiger partial charge on any atom is -0.457 e. The van der Waals surface area contributed by atoms with E-state index < -0.39 is 65.7 Å². The fourth-order valence-electron chi connectivity index (χ4n) is 4.19. The lowest BCUT2D eigenvalue weighted by molar-refractivity contribution is -0.274. The third kappa shape index (κ3) is 8.63. The van der Waals surface area contributed by atoms with Gasteiger partial charge in [-0.1, -0.05) is 24.3 Å². The quantitative estimate of drug-likeness (QED) is 0.181. The molecule has 0 saturated carbocycles. The van der Waals surface area contributed by atoms with Crippen molar-refractivity contribution in [2.45, 2.75) is 30.9 Å². The van der Waals surface area contributed by atoms with Gasteiger partial charge in [0.05, 0.1) is 23.3 Å². The van der Waals surface area contributed by atoms with Crippen LogP contribution in [0.2, 0.25) is 0 Å². The maximum Gasteiger partial charge on any atom is 0.573 e. The number of benzene rings is 4. The number of ether oxygens (including phenoxy) is 2. The Morgan fingerprint density at radius 2 is 1.23 bits per heavy atom. The second-order valence-electron chi connectivity index (χ2n) is 9.40. The minimum absolute atomic E-state index is 0.0591. The molecule has 0 aromatic heterocycles. The Hall–Kier alpha value is -4.30. The maximum atomic E-state index is 15.0. The zero-order valence-electron chi connectivity index (χ0n) is 22.1. The molecule has 0 radical (unpaired) electrons. The number of nitrogens with one attached hydrogen (secondary N) is 1. The van der Waals surface area contributed by atoms with E-state index >= 15 is 4.39 Å². The summed E-state index contributed by atoms with van der Waals surface area (Å²) in [5.74, 6) is -1.38. The Morgan fingerprint density at radius 3 is 1.82 bits per heavy atom. The summed E-state index contributed by atoms with van der Waals surface area (Å²) in [7, 11) is 0. The molecule has 0 aliphatic carbocycles. The first kappa shape index (κ1) is 32.6. The standard InChI is InChI=1S/C30H21F10NO3/c31-25-13-8-20(29(35,36)37)15-24(25)27(41-16-26(42)17-4-6-19(7-5-17)28(32,33)34)18-2-1-3-23(14-18)43-21-9-11-22(12-10-21)44-30(38,39)40/h1-15,26-27,41-42H,16H2. The van der Waals surface area contributed by atoms with Gasteiger partial charge in [-0.25, -0.2) is 4.39 Å². The van der Waals surface area contributed by atoms with Crippen molar-refractivity contribution in [2.75, 3.05) is 6.54 Å². The molecular weight excluding hydrogens is 612 g/mol. The smallest absolute Gasteiger partial charge is 0.457 e. The van der Waals surface area contributed by atoms with Crippen molar-refractivity contribution in [3.05, 3.63) is 125 Å². The number of aliphatic hydroxyl groups is 1. The summed E-state index contributed by atoms with van der Waals surface area (Å²) >= 11 is 0. The molecular formula is C30H21F10NO3. The van der Waals surface area contributed by atoms with Crippen molar-refractivity contribution in [2.24, 2.45) is 0 Å². The fourth-order valence-corrected chi connectivity index (χ4v) is 4.19. The van der Waals surface area contributed by atoms with E-state index in [2.05, 4.69) is 10.1 Å². The van der Waals surface area contributed by atoms with E-state index in [0.29, 0.717) is 18.2 Å². The SMILES string of the molecule is OC(CNC(c1cccc(Oc2ccc(OC(F)(F)F)cc2)c1)c1cc(C(F)(F)F)ccc1F)c1ccc(C(F)(F)F)cc1. The van der Waals surface area contributed by atoms with Crippen LogP contribution in [0.1, 0.15) is 40.0 Å². The lowest BCUT2D eigenvalue weighted by Gasteiger charge is -2.24. The Labute approximate surface area is 243 Å². The average Bonchev–Trinajstić information content (AvgIpc) is 2.93. The van der Waals surface area contributed by atoms with Crippen molar-refractivity contribution in [1.82, 2.24) is 5.32 Å². The normalized spacial score (nSPS) is 13.8. The molecule has 4 rings (SSSR count). The highest BCUT2D eigenvalue weighted by atomic mass is 19.4. The summed E-state index contributed by atoms with van der Waals surface area (Å²) in [6, 6.07) is 14.0. The molecule has 14 heteroatoms. The third-order valence-corrected chi connectivity index (χ3v) is 6.26. The molecule has 0 heterocycles. The summed E-state index contributed by atoms with van der Waals surface area (Å²) in [6.45, 7) is -0.419. The second-order valence-corrected chi connectivity index (χ2v) is 9.40. The molecule has 0 aliphatic rings. The van der Waals surface area contributed by atoms with E-state index in [1.807, 2.05) is 0 Å². The Balaban J connectivity index is 1.62. The lowest BCUT2D eigenvalue weighted by Crippen LogP contribution is -2.28. The van der Waals surface area contributed by atoms with Gasteiger partial charge in [0.15, 0.2) is 0 Å². The lowest BCUT2D eigenvalue weighted by atomic mass is 9.95. The van der Waals surface area contributed by atoms with Crippen LogP contribution in [0, 0.1) is 5.82 Å². The molecule has 0 spiro atoms. The average molecular weight is 633 g/mol. The van der Waals surface area contributed by atoms with Crippen molar-refractivity contribution < 1.29 is 58.5 Å². The van der Waals surface area contributed by atoms with Crippen LogP contribution in [-0.4, -0.2) is 18.0 Å². The molecule has 4 aromatic rings. The van der Waals surface area contributed by atoms with Crippen molar-refractivity contribution in [3.63, 3.8) is 0 Å². The molecule has 0 fully saturated rings. The van der Waals surface area contributed by atoms with Crippen LogP contribution in [0.3, 0.4) is 0 Å². The molecule has 2 unspecified atom stereocenters. The predicted octanol–water partition coefficient (Wildman–Crippen LogP) is 8.97. The van der Waals surface area contributed by atoms with Crippen molar-refractivity contribution in [3.8, 4) is 17.2 Å². The van der Waals surface area contributed by atoms with E-state index in [-0.39, 0.29) is 22.6 Å². The first-order chi connectivity index (χ1) is 20.5. The molecule has 2 N–H and O–H groups in total. The van der Waals surface area contributed by atoms with Crippen LogP contribution >= 0.6 is 0 Å². The Bertz CT molecular complexity index is 1550. The van der Waals surface area contributed by atoms with Crippen LogP contribution in [0.4, 0.5) is 43.9 Å². The van der Waals surface area contributed by atoms with Gasteiger partial charge in [-0.15, -0.1) is 13.2 Å². The minimum atomic E-state index is -4.91. The molecule has 0 aliphatic heterocycles. The zero-order valence-corrected chi connectivity index (χ0v) is 22.1. The molecule has 4 nitrogen and oxygen atoms in total. The first-order valence-corrected chi connectivity index (χ1v) is 12.6. The zero-order chi connectivity index (χ0) is 32.3. The van der Waals surface area contributed by atoms with Gasteiger partial charge in [-0.3, -0.25) is 0 Å². The fraction of sp³-hybridized carbons (Fsp3) is 0.200. The molecule has 234 valence electrons. The van der Waals surface area contributed by atoms with Gasteiger partial charge in [0.25, 0.3) is 0 Å². The molecule has 4 aromatic carbocycles. The summed E-state index contributed by atoms with van der Waals surface area (Å²) < 4.78 is 141. The van der Waals surface area contributed by atoms with Crippen LogP contribution in [0.5, 0.6) is 17.2 Å². The number of alkyl halides is 9. The van der Waals surface area contributed by atoms with E-state index in [0.717, 1.165) is 36.4 Å². The Kier molecular flexibility index (Phi) is 9.44. The topological polar surface area (TPSA) is 50.7 Å². The molecule has 2 atom stereocenters. The number of rotatable bonds is 9. The van der Waals surface area contributed by atoms with E-state index in [1.165, 1.54) is 36.4 Å². The van der Waals surface area contributed by atoms with Crippen LogP contribution in [0.25, 0.3) is 0 Å². The molecule has 0 bridgehead atoms. The predicted molar refractivity (Wildman–Crippen MR) is 137 cm³/mol. The van der Waals surface area contributed by atoms with Gasteiger partial charge in [0.2, 0.25) is 0 Å². The number of halogens is 10. The maximum absolute atomic E-state index is 15.0. The highest BCUT2D eigenvalue weighted by molar-refractivity contribution is 5.42. The molecule has 44 heavy (non-hydrogen) atoms.